The van der Waals surface area contributed by atoms with Gasteiger partial charge in [0.25, 0.3) is 15.6 Å². The van der Waals surface area contributed by atoms with E-state index in [0.29, 0.717) is 42.5 Å². The molecule has 0 saturated carbocycles. The smallest absolute Gasteiger partial charge is 0.287 e. The second-order valence-corrected chi connectivity index (χ2v) is 12.1. The fourth-order valence-corrected chi connectivity index (χ4v) is 7.30. The van der Waals surface area contributed by atoms with Gasteiger partial charge in [-0.3, -0.25) is 4.79 Å². The van der Waals surface area contributed by atoms with E-state index < -0.39 is 10.0 Å². The number of hydrogen-bond donors (Lipinski definition) is 1. The molecule has 2 fully saturated rings. The van der Waals surface area contributed by atoms with E-state index in [1.807, 2.05) is 0 Å². The van der Waals surface area contributed by atoms with Gasteiger partial charge in [-0.05, 0) is 38.5 Å². The molecule has 2 aliphatic heterocycles. The van der Waals surface area contributed by atoms with Crippen molar-refractivity contribution in [3.8, 4) is 0 Å². The van der Waals surface area contributed by atoms with Crippen LogP contribution in [-0.4, -0.2) is 60.3 Å². The Morgan fingerprint density at radius 1 is 1.28 bits per heavy atom. The van der Waals surface area contributed by atoms with Gasteiger partial charge >= 0.3 is 0 Å². The Labute approximate surface area is 200 Å². The average molecular weight is 522 g/mol. The minimum atomic E-state index is -3.73. The largest absolute Gasteiger partial charge is 0.382 e. The number of rotatable bonds is 6. The lowest BCUT2D eigenvalue weighted by Gasteiger charge is -2.31. The van der Waals surface area contributed by atoms with Crippen LogP contribution in [0.4, 0.5) is 5.69 Å². The van der Waals surface area contributed by atoms with E-state index in [1.54, 1.807) is 13.1 Å². The fraction of sp³-hybridized carbons (Fsp3) is 0.632. The minimum absolute atomic E-state index is 0.00285. The molecule has 13 heteroatoms. The van der Waals surface area contributed by atoms with Crippen LogP contribution in [0.3, 0.4) is 0 Å². The van der Waals surface area contributed by atoms with Crippen LogP contribution in [-0.2, 0) is 14.8 Å². The van der Waals surface area contributed by atoms with Gasteiger partial charge in [-0.1, -0.05) is 23.2 Å². The molecule has 0 spiro atoms. The molecule has 4 rings (SSSR count). The van der Waals surface area contributed by atoms with Gasteiger partial charge in [0.15, 0.2) is 9.49 Å². The van der Waals surface area contributed by atoms with Crippen molar-refractivity contribution in [2.24, 2.45) is 5.92 Å². The lowest BCUT2D eigenvalue weighted by molar-refractivity contribution is 0.0595. The first-order valence-electron chi connectivity index (χ1n) is 10.5. The summed E-state index contributed by atoms with van der Waals surface area (Å²) in [7, 11) is -3.73. The zero-order valence-corrected chi connectivity index (χ0v) is 20.7. The molecule has 2 aromatic rings. The van der Waals surface area contributed by atoms with Gasteiger partial charge in [-0.15, -0.1) is 11.3 Å². The molecule has 176 valence electrons. The van der Waals surface area contributed by atoms with Gasteiger partial charge in [0.1, 0.15) is 5.02 Å². The number of piperidine rings is 1. The Morgan fingerprint density at radius 2 is 2.03 bits per heavy atom. The fourth-order valence-electron chi connectivity index (χ4n) is 4.09. The summed E-state index contributed by atoms with van der Waals surface area (Å²) in [5.74, 6) is 0.379. The first kappa shape index (κ1) is 23.9. The summed E-state index contributed by atoms with van der Waals surface area (Å²) in [6, 6.07) is -0.229. The zero-order chi connectivity index (χ0) is 22.9. The Bertz CT molecular complexity index is 1120. The summed E-state index contributed by atoms with van der Waals surface area (Å²) in [5.41, 5.74) is 0.134. The number of ether oxygens (including phenoxy) is 1. The second kappa shape index (κ2) is 9.94. The van der Waals surface area contributed by atoms with Gasteiger partial charge in [-0.2, -0.15) is 9.40 Å². The molecule has 32 heavy (non-hydrogen) atoms. The van der Waals surface area contributed by atoms with Crippen LogP contribution in [0.1, 0.15) is 36.6 Å². The molecule has 2 saturated heterocycles. The molecule has 0 aromatic carbocycles. The number of thiazole rings is 1. The van der Waals surface area contributed by atoms with Crippen molar-refractivity contribution in [2.75, 3.05) is 38.2 Å². The molecular formula is C19H25Cl2N5O4S2. The molecular weight excluding hydrogens is 497 g/mol. The van der Waals surface area contributed by atoms with Crippen LogP contribution in [0.25, 0.3) is 0 Å². The lowest BCUT2D eigenvalue weighted by Crippen LogP contribution is -2.41. The highest BCUT2D eigenvalue weighted by Crippen LogP contribution is 2.31. The number of hydrogen-bond acceptors (Lipinski definition) is 8. The van der Waals surface area contributed by atoms with Crippen molar-refractivity contribution in [1.29, 1.82) is 0 Å². The molecule has 2 aliphatic rings. The molecule has 2 aromatic heterocycles. The van der Waals surface area contributed by atoms with Gasteiger partial charge in [-0.25, -0.2) is 18.1 Å². The lowest BCUT2D eigenvalue weighted by atomic mass is 10.0. The van der Waals surface area contributed by atoms with E-state index in [0.717, 1.165) is 30.8 Å². The molecule has 0 unspecified atom stereocenters. The van der Waals surface area contributed by atoms with E-state index in [2.05, 4.69) is 15.4 Å². The average Bonchev–Trinajstić information content (AvgIpc) is 3.14. The van der Waals surface area contributed by atoms with E-state index in [-0.39, 0.29) is 39.2 Å². The highest BCUT2D eigenvalue weighted by Gasteiger charge is 2.34. The Hall–Kier alpha value is -1.24. The SMILES string of the molecule is Cc1sc(Cl)nc1S(=O)(=O)N1CCC(n2ncc(NC[C@H]3CCCOC3)c(Cl)c2=O)CC1. The van der Waals surface area contributed by atoms with Crippen molar-refractivity contribution in [1.82, 2.24) is 19.1 Å². The second-order valence-electron chi connectivity index (χ2n) is 8.05. The highest BCUT2D eigenvalue weighted by atomic mass is 35.5. The number of sulfonamides is 1. The third kappa shape index (κ3) is 4.97. The van der Waals surface area contributed by atoms with Gasteiger partial charge in [0.05, 0.1) is 24.5 Å². The normalized spacial score (nSPS) is 21.0. The van der Waals surface area contributed by atoms with Gasteiger partial charge in [0.2, 0.25) is 0 Å². The van der Waals surface area contributed by atoms with Crippen molar-refractivity contribution < 1.29 is 13.2 Å². The number of nitrogens with one attached hydrogen (secondary N) is 1. The quantitative estimate of drug-likeness (QED) is 0.621. The topological polar surface area (TPSA) is 106 Å². The van der Waals surface area contributed by atoms with Crippen molar-refractivity contribution in [2.45, 2.75) is 43.7 Å². The van der Waals surface area contributed by atoms with Crippen LogP contribution in [0.15, 0.2) is 16.0 Å². The predicted octanol–water partition coefficient (Wildman–Crippen LogP) is 3.18. The standard InChI is InChI=1S/C19H25Cl2N5O4S2/c1-12-17(24-19(21)31-12)32(28,29)25-6-4-14(5-7-25)26-18(27)16(20)15(10-23-26)22-9-13-3-2-8-30-11-13/h10,13-14,22H,2-9,11H2,1H3/t13-/m1/s1. The summed E-state index contributed by atoms with van der Waals surface area (Å²) in [6.07, 6.45) is 4.57. The highest BCUT2D eigenvalue weighted by molar-refractivity contribution is 7.89. The van der Waals surface area contributed by atoms with Crippen molar-refractivity contribution >= 4 is 50.2 Å². The molecule has 0 aliphatic carbocycles. The third-order valence-electron chi connectivity index (χ3n) is 5.86. The summed E-state index contributed by atoms with van der Waals surface area (Å²) in [5, 5.41) is 7.63. The first-order valence-corrected chi connectivity index (χ1v) is 13.5. The zero-order valence-electron chi connectivity index (χ0n) is 17.6. The Kier molecular flexibility index (Phi) is 7.43. The number of nitrogens with zero attached hydrogens (tertiary/aromatic N) is 4. The predicted molar refractivity (Wildman–Crippen MR) is 124 cm³/mol. The Morgan fingerprint density at radius 3 is 2.66 bits per heavy atom. The molecule has 1 N–H and O–H groups in total. The number of anilines is 1. The summed E-state index contributed by atoms with van der Waals surface area (Å²) in [6.45, 7) is 4.37. The maximum Gasteiger partial charge on any atom is 0.287 e. The van der Waals surface area contributed by atoms with Gasteiger partial charge < -0.3 is 10.1 Å². The van der Waals surface area contributed by atoms with Crippen molar-refractivity contribution in [3.63, 3.8) is 0 Å². The molecule has 4 heterocycles. The van der Waals surface area contributed by atoms with E-state index in [4.69, 9.17) is 27.9 Å². The van der Waals surface area contributed by atoms with E-state index in [9.17, 15) is 13.2 Å². The third-order valence-corrected chi connectivity index (χ3v) is 9.36. The molecule has 0 amide bonds. The van der Waals surface area contributed by atoms with E-state index >= 15 is 0 Å². The summed E-state index contributed by atoms with van der Waals surface area (Å²) in [4.78, 5) is 17.4. The maximum atomic E-state index is 12.9. The summed E-state index contributed by atoms with van der Waals surface area (Å²) < 4.78 is 34.3. The monoisotopic (exact) mass is 521 g/mol. The van der Waals surface area contributed by atoms with E-state index in [1.165, 1.54) is 8.99 Å². The minimum Gasteiger partial charge on any atom is -0.382 e. The molecule has 0 bridgehead atoms. The molecule has 1 atom stereocenters. The number of aromatic nitrogens is 3. The molecule has 9 nitrogen and oxygen atoms in total. The van der Waals surface area contributed by atoms with Crippen LogP contribution in [0.2, 0.25) is 9.49 Å². The number of halogens is 2. The van der Waals surface area contributed by atoms with Crippen LogP contribution in [0, 0.1) is 12.8 Å². The van der Waals surface area contributed by atoms with Crippen molar-refractivity contribution in [3.05, 3.63) is 30.9 Å². The van der Waals surface area contributed by atoms with Gasteiger partial charge in [0, 0.05) is 31.1 Å². The summed E-state index contributed by atoms with van der Waals surface area (Å²) >= 11 is 13.4. The maximum absolute atomic E-state index is 12.9. The number of aryl methyl sites for hydroxylation is 1. The first-order chi connectivity index (χ1) is 15.3. The molecule has 0 radical (unpaired) electrons. The Balaban J connectivity index is 1.41. The van der Waals surface area contributed by atoms with Crippen LogP contribution in [0.5, 0.6) is 0 Å². The van der Waals surface area contributed by atoms with Crippen LogP contribution >= 0.6 is 34.5 Å². The van der Waals surface area contributed by atoms with Crippen LogP contribution < -0.4 is 10.9 Å².